The van der Waals surface area contributed by atoms with Crippen molar-refractivity contribution in [3.63, 3.8) is 0 Å². The second-order valence-electron chi connectivity index (χ2n) is 4.81. The van der Waals surface area contributed by atoms with Gasteiger partial charge in [0.1, 0.15) is 6.54 Å². The van der Waals surface area contributed by atoms with Gasteiger partial charge in [-0.2, -0.15) is 0 Å². The molecule has 0 aliphatic carbocycles. The van der Waals surface area contributed by atoms with Gasteiger partial charge in [0, 0.05) is 11.6 Å². The Balaban J connectivity index is 2.46. The Kier molecular flexibility index (Phi) is 5.27. The molecule has 1 aliphatic rings. The first kappa shape index (κ1) is 18.3. The highest BCUT2D eigenvalue weighted by Gasteiger charge is 2.36. The third kappa shape index (κ3) is 3.88. The minimum absolute atomic E-state index is 0.0674. The number of hydrogen-bond donors (Lipinski definition) is 2. The van der Waals surface area contributed by atoms with Crippen LogP contribution in [0, 0.1) is 10.1 Å². The largest absolute Gasteiger partial charge is 0.504 e. The fourth-order valence-corrected chi connectivity index (χ4v) is 2.86. The summed E-state index contributed by atoms with van der Waals surface area (Å²) in [5.74, 6) is -2.17. The quantitative estimate of drug-likeness (QED) is 0.432. The van der Waals surface area contributed by atoms with Crippen molar-refractivity contribution >= 4 is 40.6 Å². The van der Waals surface area contributed by atoms with Gasteiger partial charge in [-0.3, -0.25) is 29.4 Å². The molecule has 25 heavy (non-hydrogen) atoms. The Morgan fingerprint density at radius 1 is 1.48 bits per heavy atom. The van der Waals surface area contributed by atoms with Crippen LogP contribution in [0.1, 0.15) is 12.5 Å². The van der Waals surface area contributed by atoms with Crippen LogP contribution in [0.5, 0.6) is 11.5 Å². The van der Waals surface area contributed by atoms with E-state index in [1.807, 2.05) is 0 Å². The van der Waals surface area contributed by atoms with Crippen LogP contribution in [0.2, 0.25) is 0 Å². The van der Waals surface area contributed by atoms with Gasteiger partial charge >= 0.3 is 0 Å². The molecular weight excluding hydrogens is 354 g/mol. The lowest BCUT2D eigenvalue weighted by atomic mass is 10.1. The minimum atomic E-state index is -0.861. The highest BCUT2D eigenvalue weighted by atomic mass is 32.2. The molecule has 1 saturated heterocycles. The van der Waals surface area contributed by atoms with E-state index in [0.29, 0.717) is 16.7 Å². The molecule has 1 fully saturated rings. The van der Waals surface area contributed by atoms with Crippen molar-refractivity contribution in [2.24, 2.45) is 5.73 Å². The summed E-state index contributed by atoms with van der Waals surface area (Å²) in [4.78, 5) is 45.7. The number of phenols is 1. The second-order valence-corrected chi connectivity index (χ2v) is 5.80. The van der Waals surface area contributed by atoms with E-state index in [4.69, 9.17) is 10.5 Å². The molecule has 0 aromatic heterocycles. The van der Waals surface area contributed by atoms with Crippen molar-refractivity contribution in [2.75, 3.05) is 13.2 Å². The zero-order valence-corrected chi connectivity index (χ0v) is 13.7. The number of amides is 3. The first-order valence-electron chi connectivity index (χ1n) is 6.92. The number of aromatic hydroxyl groups is 1. The number of nitrogens with two attached hydrogens (primary N) is 1. The van der Waals surface area contributed by atoms with E-state index in [-0.39, 0.29) is 28.5 Å². The molecule has 1 heterocycles. The number of thioether (sulfide) groups is 1. The Hall–Kier alpha value is -3.08. The predicted molar refractivity (Wildman–Crippen MR) is 87.8 cm³/mol. The maximum absolute atomic E-state index is 12.2. The van der Waals surface area contributed by atoms with E-state index >= 15 is 0 Å². The molecule has 0 atom stereocenters. The summed E-state index contributed by atoms with van der Waals surface area (Å²) < 4.78 is 5.14. The van der Waals surface area contributed by atoms with Gasteiger partial charge in [-0.15, -0.1) is 0 Å². The molecule has 1 aliphatic heterocycles. The van der Waals surface area contributed by atoms with E-state index in [9.17, 15) is 29.6 Å². The first-order valence-corrected chi connectivity index (χ1v) is 7.74. The molecule has 0 saturated carbocycles. The number of hydrogen-bond acceptors (Lipinski definition) is 8. The van der Waals surface area contributed by atoms with Gasteiger partial charge in [0.15, 0.2) is 11.5 Å². The number of non-ortho nitro benzene ring substituents is 1. The highest BCUT2D eigenvalue weighted by molar-refractivity contribution is 8.18. The number of phenolic OH excluding ortho intramolecular Hbond substituents is 1. The molecule has 0 spiro atoms. The van der Waals surface area contributed by atoms with E-state index in [1.54, 1.807) is 6.92 Å². The van der Waals surface area contributed by atoms with Crippen LogP contribution in [-0.2, 0) is 9.59 Å². The van der Waals surface area contributed by atoms with Gasteiger partial charge in [0.05, 0.1) is 22.5 Å². The number of imide groups is 1. The van der Waals surface area contributed by atoms with Crippen LogP contribution < -0.4 is 10.5 Å². The molecule has 0 radical (unpaired) electrons. The molecule has 10 nitrogen and oxygen atoms in total. The van der Waals surface area contributed by atoms with Crippen LogP contribution in [0.3, 0.4) is 0 Å². The van der Waals surface area contributed by atoms with Gasteiger partial charge in [-0.1, -0.05) is 0 Å². The molecule has 0 unspecified atom stereocenters. The van der Waals surface area contributed by atoms with Crippen molar-refractivity contribution in [1.29, 1.82) is 0 Å². The summed E-state index contributed by atoms with van der Waals surface area (Å²) in [6.07, 6.45) is 1.12. The molecular formula is C14H13N3O7S. The lowest BCUT2D eigenvalue weighted by molar-refractivity contribution is -0.385. The maximum Gasteiger partial charge on any atom is 0.294 e. The number of benzene rings is 1. The predicted octanol–water partition coefficient (Wildman–Crippen LogP) is 1.22. The number of ether oxygens (including phenoxy) is 1. The SMILES string of the molecule is CCOc1cc([N+](=O)[O-])cc(/C=C2\SC(=O)N(CC(N)=O)C2=O)c1O. The molecule has 0 bridgehead atoms. The molecule has 3 N–H and O–H groups in total. The fraction of sp³-hybridized carbons (Fsp3) is 0.214. The number of nitro groups is 1. The van der Waals surface area contributed by atoms with E-state index in [0.717, 1.165) is 18.2 Å². The number of nitrogens with zero attached hydrogens (tertiary/aromatic N) is 2. The van der Waals surface area contributed by atoms with Crippen LogP contribution in [0.4, 0.5) is 10.5 Å². The van der Waals surface area contributed by atoms with Gasteiger partial charge < -0.3 is 15.6 Å². The van der Waals surface area contributed by atoms with Crippen LogP contribution in [-0.4, -0.2) is 45.1 Å². The van der Waals surface area contributed by atoms with Crippen LogP contribution >= 0.6 is 11.8 Å². The van der Waals surface area contributed by atoms with E-state index in [1.165, 1.54) is 0 Å². The molecule has 11 heteroatoms. The third-order valence-electron chi connectivity index (χ3n) is 3.07. The standard InChI is InChI=1S/C14H13N3O7S/c1-2-24-9-5-8(17(22)23)3-7(12(9)19)4-10-13(20)16(6-11(15)18)14(21)25-10/h3-5,19H,2,6H2,1H3,(H2,15,18)/b10-4-. The van der Waals surface area contributed by atoms with Crippen molar-refractivity contribution < 1.29 is 29.2 Å². The Morgan fingerprint density at radius 3 is 2.72 bits per heavy atom. The van der Waals surface area contributed by atoms with Gasteiger partial charge in [-0.25, -0.2) is 0 Å². The Bertz CT molecular complexity index is 806. The van der Waals surface area contributed by atoms with Crippen molar-refractivity contribution in [2.45, 2.75) is 6.92 Å². The zero-order valence-electron chi connectivity index (χ0n) is 12.9. The number of nitro benzene ring substituents is 1. The summed E-state index contributed by atoms with van der Waals surface area (Å²) >= 11 is 0.530. The minimum Gasteiger partial charge on any atom is -0.504 e. The van der Waals surface area contributed by atoms with Gasteiger partial charge in [-0.05, 0) is 24.8 Å². The average Bonchev–Trinajstić information content (AvgIpc) is 2.78. The number of rotatable bonds is 6. The Morgan fingerprint density at radius 2 is 2.16 bits per heavy atom. The normalized spacial score (nSPS) is 15.7. The molecule has 1 aromatic rings. The number of primary amides is 1. The lowest BCUT2D eigenvalue weighted by Gasteiger charge is -2.09. The second kappa shape index (κ2) is 7.21. The summed E-state index contributed by atoms with van der Waals surface area (Å²) in [5.41, 5.74) is 4.56. The zero-order chi connectivity index (χ0) is 18.7. The van der Waals surface area contributed by atoms with E-state index < -0.39 is 34.3 Å². The van der Waals surface area contributed by atoms with Crippen LogP contribution in [0.15, 0.2) is 17.0 Å². The molecule has 3 amide bonds. The van der Waals surface area contributed by atoms with E-state index in [2.05, 4.69) is 0 Å². The molecule has 2 rings (SSSR count). The topological polar surface area (TPSA) is 153 Å². The smallest absolute Gasteiger partial charge is 0.294 e. The number of carbonyl (C=O) groups is 3. The summed E-state index contributed by atoms with van der Waals surface area (Å²) in [6, 6.07) is 2.09. The summed E-state index contributed by atoms with van der Waals surface area (Å²) in [6.45, 7) is 1.21. The van der Waals surface area contributed by atoms with Gasteiger partial charge in [0.25, 0.3) is 16.8 Å². The summed E-state index contributed by atoms with van der Waals surface area (Å²) in [7, 11) is 0. The van der Waals surface area contributed by atoms with Crippen molar-refractivity contribution in [1.82, 2.24) is 4.90 Å². The average molecular weight is 367 g/mol. The van der Waals surface area contributed by atoms with Crippen molar-refractivity contribution in [3.05, 3.63) is 32.7 Å². The monoisotopic (exact) mass is 367 g/mol. The lowest BCUT2D eigenvalue weighted by Crippen LogP contribution is -2.36. The molecule has 132 valence electrons. The first-order chi connectivity index (χ1) is 11.7. The number of carbonyl (C=O) groups excluding carboxylic acids is 3. The molecule has 1 aromatic carbocycles. The van der Waals surface area contributed by atoms with Gasteiger partial charge in [0.2, 0.25) is 5.91 Å². The maximum atomic E-state index is 12.2. The summed E-state index contributed by atoms with van der Waals surface area (Å²) in [5, 5.41) is 20.5. The third-order valence-corrected chi connectivity index (χ3v) is 3.98. The fourth-order valence-electron chi connectivity index (χ4n) is 2.03. The highest BCUT2D eigenvalue weighted by Crippen LogP contribution is 2.39. The van der Waals surface area contributed by atoms with Crippen molar-refractivity contribution in [3.8, 4) is 11.5 Å². The Labute approximate surface area is 145 Å². The van der Waals surface area contributed by atoms with Crippen LogP contribution in [0.25, 0.3) is 6.08 Å².